The average molecular weight is 508 g/mol. The predicted molar refractivity (Wildman–Crippen MR) is 144 cm³/mol. The molecule has 5 nitrogen and oxygen atoms in total. The number of benzene rings is 3. The van der Waals surface area contributed by atoms with Crippen molar-refractivity contribution in [2.24, 2.45) is 5.92 Å². The molecule has 3 rings (SSSR count). The van der Waals surface area contributed by atoms with Gasteiger partial charge in [0.2, 0.25) is 10.2 Å². The zero-order valence-electron chi connectivity index (χ0n) is 19.3. The summed E-state index contributed by atoms with van der Waals surface area (Å²) in [5.41, 5.74) is 2.34. The minimum Gasteiger partial charge on any atom is -0.480 e. The van der Waals surface area contributed by atoms with E-state index in [1.807, 2.05) is 66.7 Å². The second-order valence-electron chi connectivity index (χ2n) is 8.12. The molecule has 0 heterocycles. The molecule has 182 valence electrons. The molecule has 0 aromatic heterocycles. The van der Waals surface area contributed by atoms with E-state index in [2.05, 4.69) is 5.32 Å². The zero-order valence-corrected chi connectivity index (χ0v) is 21.0. The Morgan fingerprint density at radius 1 is 0.714 bits per heavy atom. The zero-order chi connectivity index (χ0) is 24.9. The van der Waals surface area contributed by atoms with Gasteiger partial charge in [0.15, 0.2) is 0 Å². The summed E-state index contributed by atoms with van der Waals surface area (Å²) in [6.07, 6.45) is 1.11. The van der Waals surface area contributed by atoms with Crippen molar-refractivity contribution in [3.63, 3.8) is 0 Å². The summed E-state index contributed by atoms with van der Waals surface area (Å²) in [5.74, 6) is 0.00590. The lowest BCUT2D eigenvalue weighted by Gasteiger charge is -2.20. The monoisotopic (exact) mass is 507 g/mol. The first-order valence-corrected chi connectivity index (χ1v) is 13.4. The van der Waals surface area contributed by atoms with E-state index in [0.29, 0.717) is 42.0 Å². The number of carbonyl (C=O) groups is 3. The molecule has 0 saturated heterocycles. The minimum atomic E-state index is -0.902. The summed E-state index contributed by atoms with van der Waals surface area (Å²) in [6.45, 7) is 0.399. The quantitative estimate of drug-likeness (QED) is 0.319. The Bertz CT molecular complexity index is 1020. The highest BCUT2D eigenvalue weighted by Crippen LogP contribution is 2.21. The number of carbonyl (C=O) groups excluding carboxylic acids is 2. The van der Waals surface area contributed by atoms with E-state index < -0.39 is 12.0 Å². The number of aryl methyl sites for hydroxylation is 1. The van der Waals surface area contributed by atoms with Crippen molar-refractivity contribution in [2.45, 2.75) is 18.9 Å². The molecule has 0 aliphatic carbocycles. The van der Waals surface area contributed by atoms with Gasteiger partial charge in [-0.15, -0.1) is 0 Å². The van der Waals surface area contributed by atoms with Crippen LogP contribution in [0.1, 0.15) is 32.7 Å². The Morgan fingerprint density at radius 2 is 1.17 bits per heavy atom. The van der Waals surface area contributed by atoms with Gasteiger partial charge in [-0.05, 0) is 24.3 Å². The van der Waals surface area contributed by atoms with Crippen LogP contribution in [0.4, 0.5) is 0 Å². The molecule has 0 spiro atoms. The van der Waals surface area contributed by atoms with Crippen molar-refractivity contribution in [1.29, 1.82) is 0 Å². The number of rotatable bonds is 13. The van der Waals surface area contributed by atoms with Crippen LogP contribution in [-0.4, -0.2) is 45.4 Å². The number of thioether (sulfide) groups is 2. The van der Waals surface area contributed by atoms with Gasteiger partial charge >= 0.3 is 5.97 Å². The van der Waals surface area contributed by atoms with E-state index in [4.69, 9.17) is 0 Å². The second kappa shape index (κ2) is 14.5. The van der Waals surface area contributed by atoms with E-state index in [1.54, 1.807) is 24.3 Å². The molecule has 0 saturated carbocycles. The lowest BCUT2D eigenvalue weighted by atomic mass is 10.0. The summed E-state index contributed by atoms with van der Waals surface area (Å²) in [7, 11) is 0. The number of nitrogens with one attached hydrogen (secondary N) is 1. The molecule has 0 aliphatic heterocycles. The fourth-order valence-corrected chi connectivity index (χ4v) is 5.45. The van der Waals surface area contributed by atoms with Crippen LogP contribution >= 0.6 is 23.5 Å². The van der Waals surface area contributed by atoms with Gasteiger partial charge in [-0.2, -0.15) is 0 Å². The third-order valence-corrected chi connectivity index (χ3v) is 7.71. The summed E-state index contributed by atoms with van der Waals surface area (Å²) in [5, 5.41) is 12.8. The van der Waals surface area contributed by atoms with Gasteiger partial charge in [-0.25, -0.2) is 0 Å². The van der Waals surface area contributed by atoms with Crippen molar-refractivity contribution in [3.8, 4) is 0 Å². The van der Waals surface area contributed by atoms with Crippen LogP contribution in [-0.2, 0) is 11.2 Å². The van der Waals surface area contributed by atoms with Crippen LogP contribution < -0.4 is 5.32 Å². The lowest BCUT2D eigenvalue weighted by Crippen LogP contribution is -2.41. The van der Waals surface area contributed by atoms with Gasteiger partial charge < -0.3 is 10.4 Å². The highest BCUT2D eigenvalue weighted by molar-refractivity contribution is 8.15. The molecule has 1 atom stereocenters. The van der Waals surface area contributed by atoms with Gasteiger partial charge in [0.05, 0.1) is 0 Å². The topological polar surface area (TPSA) is 83.5 Å². The van der Waals surface area contributed by atoms with Gasteiger partial charge in [0.25, 0.3) is 0 Å². The molecule has 1 unspecified atom stereocenters. The van der Waals surface area contributed by atoms with E-state index in [9.17, 15) is 19.5 Å². The molecular formula is C28H29NO4S2. The first-order valence-electron chi connectivity index (χ1n) is 11.5. The van der Waals surface area contributed by atoms with Crippen LogP contribution in [0.15, 0.2) is 91.0 Å². The molecule has 7 heteroatoms. The smallest absolute Gasteiger partial charge is 0.320 e. The number of carboxylic acid groups (broad SMARTS) is 1. The molecule has 0 radical (unpaired) electrons. The number of aliphatic carboxylic acids is 1. The predicted octanol–water partition coefficient (Wildman–Crippen LogP) is 5.43. The van der Waals surface area contributed by atoms with Crippen molar-refractivity contribution in [2.75, 3.05) is 18.1 Å². The van der Waals surface area contributed by atoms with Crippen molar-refractivity contribution < 1.29 is 19.5 Å². The van der Waals surface area contributed by atoms with Crippen LogP contribution in [0.25, 0.3) is 0 Å². The van der Waals surface area contributed by atoms with E-state index >= 15 is 0 Å². The molecule has 3 aromatic carbocycles. The maximum Gasteiger partial charge on any atom is 0.320 e. The Balaban J connectivity index is 1.59. The largest absolute Gasteiger partial charge is 0.480 e. The van der Waals surface area contributed by atoms with Crippen molar-refractivity contribution in [3.05, 3.63) is 108 Å². The van der Waals surface area contributed by atoms with Crippen LogP contribution in [0, 0.1) is 5.92 Å². The first-order chi connectivity index (χ1) is 17.0. The van der Waals surface area contributed by atoms with Crippen molar-refractivity contribution >= 4 is 39.7 Å². The van der Waals surface area contributed by atoms with Gasteiger partial charge in [-0.1, -0.05) is 115 Å². The Labute approximate surface area is 214 Å². The molecule has 0 amide bonds. The SMILES string of the molecule is O=C(SCC(CNC(CCc1ccccc1)C(=O)O)CSC(=O)c1ccccc1)c1ccccc1. The van der Waals surface area contributed by atoms with E-state index in [0.717, 1.165) is 5.56 Å². The lowest BCUT2D eigenvalue weighted by molar-refractivity contribution is -0.139. The summed E-state index contributed by atoms with van der Waals surface area (Å²) < 4.78 is 0. The Hall–Kier alpha value is -2.87. The fourth-order valence-electron chi connectivity index (χ4n) is 3.45. The molecule has 35 heavy (non-hydrogen) atoms. The number of carboxylic acids is 1. The summed E-state index contributed by atoms with van der Waals surface area (Å²) in [4.78, 5) is 37.0. The number of hydrogen-bond acceptors (Lipinski definition) is 6. The van der Waals surface area contributed by atoms with Gasteiger partial charge in [0, 0.05) is 29.2 Å². The highest BCUT2D eigenvalue weighted by Gasteiger charge is 2.21. The Morgan fingerprint density at radius 3 is 1.63 bits per heavy atom. The molecule has 0 aliphatic rings. The maximum absolute atomic E-state index is 12.6. The molecular weight excluding hydrogens is 478 g/mol. The standard InChI is InChI=1S/C28H29NO4S2/c30-26(31)25(17-16-21-10-4-1-5-11-21)29-18-22(19-34-27(32)23-12-6-2-7-13-23)20-35-28(33)24-14-8-3-9-15-24/h1-15,22,25,29H,16-20H2,(H,30,31). The molecule has 0 fully saturated rings. The normalized spacial score (nSPS) is 11.8. The first kappa shape index (κ1) is 26.7. The summed E-state index contributed by atoms with van der Waals surface area (Å²) in [6, 6.07) is 27.2. The molecule has 3 aromatic rings. The molecule has 0 bridgehead atoms. The van der Waals surface area contributed by atoms with Crippen LogP contribution in [0.2, 0.25) is 0 Å². The molecule has 2 N–H and O–H groups in total. The second-order valence-corrected chi connectivity index (χ2v) is 10.1. The average Bonchev–Trinajstić information content (AvgIpc) is 2.90. The van der Waals surface area contributed by atoms with E-state index in [-0.39, 0.29) is 16.1 Å². The minimum absolute atomic E-state index is 0.0335. The fraction of sp³-hybridized carbons (Fsp3) is 0.250. The Kier molecular flexibility index (Phi) is 11.1. The summed E-state index contributed by atoms with van der Waals surface area (Å²) >= 11 is 2.41. The number of hydrogen-bond donors (Lipinski definition) is 2. The third kappa shape index (κ3) is 9.36. The third-order valence-electron chi connectivity index (χ3n) is 5.43. The van der Waals surface area contributed by atoms with Gasteiger partial charge in [-0.3, -0.25) is 14.4 Å². The van der Waals surface area contributed by atoms with Crippen LogP contribution in [0.5, 0.6) is 0 Å². The van der Waals surface area contributed by atoms with Crippen LogP contribution in [0.3, 0.4) is 0 Å². The maximum atomic E-state index is 12.6. The van der Waals surface area contributed by atoms with E-state index in [1.165, 1.54) is 23.5 Å². The van der Waals surface area contributed by atoms with Gasteiger partial charge in [0.1, 0.15) is 6.04 Å². The highest BCUT2D eigenvalue weighted by atomic mass is 32.2. The van der Waals surface area contributed by atoms with Crippen molar-refractivity contribution in [1.82, 2.24) is 5.32 Å².